The Bertz CT molecular complexity index is 1280. The van der Waals surface area contributed by atoms with Crippen LogP contribution in [0, 0.1) is 11.3 Å². The Balaban J connectivity index is 1.50. The first-order valence-corrected chi connectivity index (χ1v) is 13.2. The summed E-state index contributed by atoms with van der Waals surface area (Å²) < 4.78 is 6.29. The molecule has 188 valence electrons. The van der Waals surface area contributed by atoms with Gasteiger partial charge >= 0.3 is 6.09 Å². The Morgan fingerprint density at radius 3 is 2.39 bits per heavy atom. The summed E-state index contributed by atoms with van der Waals surface area (Å²) in [5.41, 5.74) is 2.58. The number of hydrogen-bond donors (Lipinski definition) is 0. The molecule has 2 amide bonds. The van der Waals surface area contributed by atoms with Crippen molar-refractivity contribution >= 4 is 45.0 Å². The van der Waals surface area contributed by atoms with E-state index in [0.717, 1.165) is 29.8 Å². The molecule has 0 aliphatic carbocycles. The molecule has 3 aliphatic rings. The quantitative estimate of drug-likeness (QED) is 0.467. The number of carbonyl (C=O) groups excluding carboxylic acids is 2. The number of nitrogens with zero attached hydrogens (tertiary/aromatic N) is 4. The van der Waals surface area contributed by atoms with Gasteiger partial charge in [-0.1, -0.05) is 12.1 Å². The van der Waals surface area contributed by atoms with Crippen LogP contribution in [0.25, 0.3) is 0 Å². The molecular weight excluding hydrogens is 520 g/mol. The number of amides is 2. The second kappa shape index (κ2) is 8.52. The van der Waals surface area contributed by atoms with E-state index in [4.69, 9.17) is 4.74 Å². The molecule has 0 aromatic heterocycles. The molecular formula is C28H31BrN4O3. The molecule has 0 radical (unpaired) electrons. The molecule has 0 saturated carbocycles. The first-order valence-electron chi connectivity index (χ1n) is 12.4. The number of piperazine rings is 1. The summed E-state index contributed by atoms with van der Waals surface area (Å²) in [6.45, 7) is 10.7. The van der Waals surface area contributed by atoms with Crippen LogP contribution in [-0.2, 0) is 14.9 Å². The first kappa shape index (κ1) is 24.6. The smallest absolute Gasteiger partial charge is 0.410 e. The molecule has 2 fully saturated rings. The maximum Gasteiger partial charge on any atom is 0.410 e. The van der Waals surface area contributed by atoms with Crippen LogP contribution < -0.4 is 9.80 Å². The zero-order valence-electron chi connectivity index (χ0n) is 21.3. The van der Waals surface area contributed by atoms with Crippen LogP contribution in [0.2, 0.25) is 0 Å². The molecule has 3 aliphatic heterocycles. The topological polar surface area (TPSA) is 76.9 Å². The molecule has 2 aromatic rings. The lowest BCUT2D eigenvalue weighted by Gasteiger charge is -2.42. The Labute approximate surface area is 220 Å². The van der Waals surface area contributed by atoms with Crippen molar-refractivity contribution in [3.05, 3.63) is 52.0 Å². The summed E-state index contributed by atoms with van der Waals surface area (Å²) >= 11 is 3.47. The van der Waals surface area contributed by atoms with Crippen LogP contribution >= 0.6 is 15.9 Å². The minimum absolute atomic E-state index is 0.0537. The van der Waals surface area contributed by atoms with Gasteiger partial charge in [0.05, 0.1) is 22.4 Å². The fourth-order valence-corrected chi connectivity index (χ4v) is 6.19. The average Bonchev–Trinajstić information content (AvgIpc) is 3.17. The molecule has 8 heteroatoms. The van der Waals surface area contributed by atoms with Crippen LogP contribution in [0.4, 0.5) is 21.9 Å². The lowest BCUT2D eigenvalue weighted by molar-refractivity contribution is -0.121. The molecule has 2 aromatic carbocycles. The second-order valence-corrected chi connectivity index (χ2v) is 12.2. The standard InChI is InChI=1S/C28H31BrN4O3/c1-27(2,3)36-26(35)31-15-18-9-10-19(16-31)32(18)17-11-12-21-24(13-17)33(25(34)28(21,4)5)23-8-6-7-22(29)20(23)14-30/h6-8,11-13,18-19H,9-10,15-16H2,1-5H3. The molecule has 5 rings (SSSR count). The van der Waals surface area contributed by atoms with E-state index in [0.29, 0.717) is 28.8 Å². The molecule has 3 heterocycles. The number of nitriles is 1. The van der Waals surface area contributed by atoms with Crippen LogP contribution in [0.1, 0.15) is 58.6 Å². The number of hydrogen-bond acceptors (Lipinski definition) is 5. The number of fused-ring (bicyclic) bond motifs is 3. The highest BCUT2D eigenvalue weighted by Crippen LogP contribution is 2.49. The third kappa shape index (κ3) is 3.94. The van der Waals surface area contributed by atoms with Crippen molar-refractivity contribution in [1.29, 1.82) is 5.26 Å². The van der Waals surface area contributed by atoms with Gasteiger partial charge in [0.1, 0.15) is 11.7 Å². The third-order valence-electron chi connectivity index (χ3n) is 7.41. The number of anilines is 3. The van der Waals surface area contributed by atoms with Gasteiger partial charge in [-0.25, -0.2) is 4.79 Å². The number of benzene rings is 2. The predicted molar refractivity (Wildman–Crippen MR) is 143 cm³/mol. The monoisotopic (exact) mass is 550 g/mol. The number of halogens is 1. The maximum atomic E-state index is 13.7. The van der Waals surface area contributed by atoms with E-state index >= 15 is 0 Å². The van der Waals surface area contributed by atoms with Gasteiger partial charge in [0.15, 0.2) is 0 Å². The molecule has 2 atom stereocenters. The van der Waals surface area contributed by atoms with Gasteiger partial charge in [-0.2, -0.15) is 5.26 Å². The van der Waals surface area contributed by atoms with Crippen molar-refractivity contribution in [1.82, 2.24) is 4.90 Å². The molecule has 0 spiro atoms. The molecule has 2 bridgehead atoms. The van der Waals surface area contributed by atoms with Crippen LogP contribution in [0.15, 0.2) is 40.9 Å². The number of ether oxygens (including phenoxy) is 1. The van der Waals surface area contributed by atoms with E-state index in [-0.39, 0.29) is 24.1 Å². The van der Waals surface area contributed by atoms with Crippen molar-refractivity contribution < 1.29 is 14.3 Å². The van der Waals surface area contributed by atoms with Crippen molar-refractivity contribution in [3.63, 3.8) is 0 Å². The third-order valence-corrected chi connectivity index (χ3v) is 8.07. The van der Waals surface area contributed by atoms with Crippen molar-refractivity contribution in [3.8, 4) is 6.07 Å². The van der Waals surface area contributed by atoms with Gasteiger partial charge in [0, 0.05) is 35.3 Å². The highest BCUT2D eigenvalue weighted by Gasteiger charge is 2.47. The minimum atomic E-state index is -0.711. The highest BCUT2D eigenvalue weighted by molar-refractivity contribution is 9.10. The normalized spacial score (nSPS) is 22.5. The first-order chi connectivity index (χ1) is 16.9. The largest absolute Gasteiger partial charge is 0.444 e. The Morgan fingerprint density at radius 1 is 1.11 bits per heavy atom. The number of carbonyl (C=O) groups is 2. The summed E-state index contributed by atoms with van der Waals surface area (Å²) in [5, 5.41) is 9.83. The van der Waals surface area contributed by atoms with Crippen LogP contribution in [-0.4, -0.2) is 47.7 Å². The van der Waals surface area contributed by atoms with Crippen molar-refractivity contribution in [2.45, 2.75) is 70.6 Å². The zero-order valence-corrected chi connectivity index (χ0v) is 22.9. The number of likely N-dealkylation sites (tertiary alicyclic amines) is 1. The van der Waals surface area contributed by atoms with E-state index in [1.54, 1.807) is 4.90 Å². The van der Waals surface area contributed by atoms with Crippen molar-refractivity contribution in [2.75, 3.05) is 22.9 Å². The maximum absolute atomic E-state index is 13.7. The van der Waals surface area contributed by atoms with Gasteiger partial charge in [0.25, 0.3) is 0 Å². The summed E-state index contributed by atoms with van der Waals surface area (Å²) in [5.74, 6) is -0.0537. The number of rotatable bonds is 2. The highest BCUT2D eigenvalue weighted by atomic mass is 79.9. The van der Waals surface area contributed by atoms with E-state index in [2.05, 4.69) is 39.0 Å². The van der Waals surface area contributed by atoms with E-state index in [9.17, 15) is 14.9 Å². The molecule has 2 unspecified atom stereocenters. The van der Waals surface area contributed by atoms with E-state index < -0.39 is 11.0 Å². The average molecular weight is 551 g/mol. The SMILES string of the molecule is CC(C)(C)OC(=O)N1CC2CCC(C1)N2c1ccc2c(c1)N(c1cccc(Br)c1C#N)C(=O)C2(C)C. The van der Waals surface area contributed by atoms with Gasteiger partial charge < -0.3 is 14.5 Å². The van der Waals surface area contributed by atoms with Gasteiger partial charge in [-0.15, -0.1) is 0 Å². The molecule has 0 N–H and O–H groups in total. The van der Waals surface area contributed by atoms with Crippen LogP contribution in [0.5, 0.6) is 0 Å². The lowest BCUT2D eigenvalue weighted by Crippen LogP contribution is -2.56. The fraction of sp³-hybridized carbons (Fsp3) is 0.464. The van der Waals surface area contributed by atoms with Gasteiger partial charge in [-0.3, -0.25) is 9.69 Å². The molecule has 36 heavy (non-hydrogen) atoms. The van der Waals surface area contributed by atoms with Gasteiger partial charge in [-0.05, 0) is 93.2 Å². The summed E-state index contributed by atoms with van der Waals surface area (Å²) in [6, 6.07) is 14.3. The van der Waals surface area contributed by atoms with Gasteiger partial charge in [0.2, 0.25) is 5.91 Å². The minimum Gasteiger partial charge on any atom is -0.444 e. The Morgan fingerprint density at radius 2 is 1.78 bits per heavy atom. The second-order valence-electron chi connectivity index (χ2n) is 11.4. The Hall–Kier alpha value is -3.05. The zero-order chi connectivity index (χ0) is 26.0. The molecule has 7 nitrogen and oxygen atoms in total. The van der Waals surface area contributed by atoms with E-state index in [1.165, 1.54) is 0 Å². The molecule has 2 saturated heterocycles. The summed E-state index contributed by atoms with van der Waals surface area (Å²) in [4.78, 5) is 32.3. The van der Waals surface area contributed by atoms with Crippen LogP contribution in [0.3, 0.4) is 0 Å². The lowest BCUT2D eigenvalue weighted by atomic mass is 9.86. The van der Waals surface area contributed by atoms with E-state index in [1.807, 2.05) is 63.8 Å². The van der Waals surface area contributed by atoms with Crippen molar-refractivity contribution in [2.24, 2.45) is 0 Å². The summed E-state index contributed by atoms with van der Waals surface area (Å²) in [6.07, 6.45) is 1.74. The fourth-order valence-electron chi connectivity index (χ4n) is 5.75. The Kier molecular flexibility index (Phi) is 5.83. The summed E-state index contributed by atoms with van der Waals surface area (Å²) in [7, 11) is 0. The predicted octanol–water partition coefficient (Wildman–Crippen LogP) is 5.86.